The molecule has 0 aromatic heterocycles. The molecule has 1 N–H and O–H groups in total. The minimum atomic E-state index is -0.0517. The Kier molecular flexibility index (Phi) is 6.47. The van der Waals surface area contributed by atoms with Crippen LogP contribution < -0.4 is 24.4 Å². The Balaban J connectivity index is 1.49. The molecule has 0 bridgehead atoms. The van der Waals surface area contributed by atoms with Gasteiger partial charge in [0.1, 0.15) is 5.75 Å². The fourth-order valence-electron chi connectivity index (χ4n) is 3.24. The molecular formula is C21H27N3O4. The van der Waals surface area contributed by atoms with Crippen molar-refractivity contribution >= 4 is 11.7 Å². The van der Waals surface area contributed by atoms with Crippen LogP contribution in [0, 0.1) is 0 Å². The second-order valence-electron chi connectivity index (χ2n) is 6.52. The van der Waals surface area contributed by atoms with Crippen LogP contribution in [0.5, 0.6) is 17.2 Å². The number of carbonyl (C=O) groups excluding carboxylic acids is 1. The smallest absolute Gasteiger partial charge is 0.317 e. The molecule has 1 heterocycles. The summed E-state index contributed by atoms with van der Waals surface area (Å²) in [6.45, 7) is 3.41. The number of ether oxygens (including phenoxy) is 3. The van der Waals surface area contributed by atoms with Crippen molar-refractivity contribution in [2.75, 3.05) is 52.4 Å². The molecule has 0 atom stereocenters. The first-order chi connectivity index (χ1) is 13.6. The van der Waals surface area contributed by atoms with Crippen molar-refractivity contribution in [3.05, 3.63) is 48.0 Å². The number of carbonyl (C=O) groups is 1. The van der Waals surface area contributed by atoms with E-state index in [-0.39, 0.29) is 6.03 Å². The van der Waals surface area contributed by atoms with Crippen molar-refractivity contribution in [3.63, 3.8) is 0 Å². The van der Waals surface area contributed by atoms with Gasteiger partial charge in [0.05, 0.1) is 21.3 Å². The minimum absolute atomic E-state index is 0.0517. The second-order valence-corrected chi connectivity index (χ2v) is 6.52. The Morgan fingerprint density at radius 3 is 2.18 bits per heavy atom. The number of methoxy groups -OCH3 is 3. The summed E-state index contributed by atoms with van der Waals surface area (Å²) >= 11 is 0. The lowest BCUT2D eigenvalue weighted by Crippen LogP contribution is -2.51. The van der Waals surface area contributed by atoms with Gasteiger partial charge in [-0.05, 0) is 42.0 Å². The molecule has 3 rings (SSSR count). The van der Waals surface area contributed by atoms with Gasteiger partial charge in [0, 0.05) is 38.4 Å². The number of benzene rings is 2. The Morgan fingerprint density at radius 1 is 0.893 bits per heavy atom. The fraction of sp³-hybridized carbons (Fsp3) is 0.381. The van der Waals surface area contributed by atoms with Crippen LogP contribution >= 0.6 is 0 Å². The van der Waals surface area contributed by atoms with E-state index in [4.69, 9.17) is 14.2 Å². The maximum Gasteiger partial charge on any atom is 0.317 e. The Morgan fingerprint density at radius 2 is 1.57 bits per heavy atom. The number of urea groups is 1. The maximum absolute atomic E-state index is 12.5. The number of hydrogen-bond donors (Lipinski definition) is 1. The molecule has 2 amide bonds. The van der Waals surface area contributed by atoms with E-state index in [1.807, 2.05) is 47.4 Å². The van der Waals surface area contributed by atoms with Gasteiger partial charge in [-0.15, -0.1) is 0 Å². The van der Waals surface area contributed by atoms with Crippen molar-refractivity contribution in [1.29, 1.82) is 0 Å². The third-order valence-corrected chi connectivity index (χ3v) is 4.90. The van der Waals surface area contributed by atoms with E-state index in [1.165, 1.54) is 0 Å². The number of rotatable bonds is 6. The SMILES string of the molecule is COc1ccc(N2CCN(C(=O)NCc3ccc(OC)c(OC)c3)CC2)cc1. The van der Waals surface area contributed by atoms with Crippen molar-refractivity contribution in [1.82, 2.24) is 10.2 Å². The summed E-state index contributed by atoms with van der Waals surface area (Å²) in [6.07, 6.45) is 0. The number of nitrogens with one attached hydrogen (secondary N) is 1. The molecule has 150 valence electrons. The molecule has 1 saturated heterocycles. The normalized spacial score (nSPS) is 13.8. The summed E-state index contributed by atoms with van der Waals surface area (Å²) in [5.74, 6) is 2.17. The first-order valence-corrected chi connectivity index (χ1v) is 9.27. The molecule has 2 aromatic carbocycles. The largest absolute Gasteiger partial charge is 0.497 e. The predicted molar refractivity (Wildman–Crippen MR) is 109 cm³/mol. The topological polar surface area (TPSA) is 63.3 Å². The molecule has 0 aliphatic carbocycles. The van der Waals surface area contributed by atoms with Gasteiger partial charge in [-0.3, -0.25) is 0 Å². The van der Waals surface area contributed by atoms with Crippen LogP contribution in [-0.2, 0) is 6.54 Å². The zero-order valence-electron chi connectivity index (χ0n) is 16.6. The molecule has 1 fully saturated rings. The average molecular weight is 385 g/mol. The summed E-state index contributed by atoms with van der Waals surface area (Å²) in [7, 11) is 4.86. The van der Waals surface area contributed by atoms with Crippen molar-refractivity contribution < 1.29 is 19.0 Å². The third kappa shape index (κ3) is 4.60. The second kappa shape index (κ2) is 9.21. The highest BCUT2D eigenvalue weighted by Gasteiger charge is 2.21. The zero-order chi connectivity index (χ0) is 19.9. The molecule has 1 aliphatic heterocycles. The van der Waals surface area contributed by atoms with Crippen LogP contribution in [-0.4, -0.2) is 58.4 Å². The third-order valence-electron chi connectivity index (χ3n) is 4.90. The van der Waals surface area contributed by atoms with E-state index in [2.05, 4.69) is 10.2 Å². The van der Waals surface area contributed by atoms with Gasteiger partial charge in [-0.25, -0.2) is 4.79 Å². The van der Waals surface area contributed by atoms with Crippen LogP contribution in [0.15, 0.2) is 42.5 Å². The molecular weight excluding hydrogens is 358 g/mol. The molecule has 0 radical (unpaired) electrons. The highest BCUT2D eigenvalue weighted by Crippen LogP contribution is 2.27. The first kappa shape index (κ1) is 19.7. The highest BCUT2D eigenvalue weighted by atomic mass is 16.5. The Labute approximate surface area is 165 Å². The van der Waals surface area contributed by atoms with E-state index in [0.717, 1.165) is 30.1 Å². The number of nitrogens with zero attached hydrogens (tertiary/aromatic N) is 2. The molecule has 28 heavy (non-hydrogen) atoms. The molecule has 1 aliphatic rings. The van der Waals surface area contributed by atoms with E-state index >= 15 is 0 Å². The van der Waals surface area contributed by atoms with Crippen LogP contribution in [0.1, 0.15) is 5.56 Å². The lowest BCUT2D eigenvalue weighted by molar-refractivity contribution is 0.194. The number of hydrogen-bond acceptors (Lipinski definition) is 5. The summed E-state index contributed by atoms with van der Waals surface area (Å²) in [5, 5.41) is 2.98. The molecule has 0 saturated carbocycles. The maximum atomic E-state index is 12.5. The van der Waals surface area contributed by atoms with Gasteiger partial charge in [0.25, 0.3) is 0 Å². The summed E-state index contributed by atoms with van der Waals surface area (Å²) in [5.41, 5.74) is 2.11. The van der Waals surface area contributed by atoms with Gasteiger partial charge < -0.3 is 29.3 Å². The molecule has 0 spiro atoms. The first-order valence-electron chi connectivity index (χ1n) is 9.27. The lowest BCUT2D eigenvalue weighted by Gasteiger charge is -2.36. The standard InChI is InChI=1S/C21H27N3O4/c1-26-18-7-5-17(6-8-18)23-10-12-24(13-11-23)21(25)22-15-16-4-9-19(27-2)20(14-16)28-3/h4-9,14H,10-13,15H2,1-3H3,(H,22,25). The Bertz CT molecular complexity index is 787. The van der Waals surface area contributed by atoms with Gasteiger partial charge in [0.15, 0.2) is 11.5 Å². The molecule has 2 aromatic rings. The van der Waals surface area contributed by atoms with Crippen molar-refractivity contribution in [2.45, 2.75) is 6.54 Å². The van der Waals surface area contributed by atoms with Crippen LogP contribution in [0.2, 0.25) is 0 Å². The average Bonchev–Trinajstić information content (AvgIpc) is 2.77. The van der Waals surface area contributed by atoms with Gasteiger partial charge in [-0.2, -0.15) is 0 Å². The fourth-order valence-corrected chi connectivity index (χ4v) is 3.24. The zero-order valence-corrected chi connectivity index (χ0v) is 16.6. The highest BCUT2D eigenvalue weighted by molar-refractivity contribution is 5.74. The summed E-state index contributed by atoms with van der Waals surface area (Å²) in [6, 6.07) is 13.6. The van der Waals surface area contributed by atoms with Crippen LogP contribution in [0.4, 0.5) is 10.5 Å². The van der Waals surface area contributed by atoms with Crippen molar-refractivity contribution in [2.24, 2.45) is 0 Å². The van der Waals surface area contributed by atoms with Gasteiger partial charge in [0.2, 0.25) is 0 Å². The van der Waals surface area contributed by atoms with E-state index in [0.29, 0.717) is 31.1 Å². The minimum Gasteiger partial charge on any atom is -0.497 e. The Hall–Kier alpha value is -3.09. The molecule has 7 nitrogen and oxygen atoms in total. The van der Waals surface area contributed by atoms with E-state index < -0.39 is 0 Å². The summed E-state index contributed by atoms with van der Waals surface area (Å²) in [4.78, 5) is 16.6. The quantitative estimate of drug-likeness (QED) is 0.828. The number of anilines is 1. The van der Waals surface area contributed by atoms with Crippen LogP contribution in [0.25, 0.3) is 0 Å². The van der Waals surface area contributed by atoms with Gasteiger partial charge >= 0.3 is 6.03 Å². The molecule has 0 unspecified atom stereocenters. The van der Waals surface area contributed by atoms with Crippen molar-refractivity contribution in [3.8, 4) is 17.2 Å². The van der Waals surface area contributed by atoms with Gasteiger partial charge in [-0.1, -0.05) is 6.07 Å². The number of piperazine rings is 1. The number of amides is 2. The monoisotopic (exact) mass is 385 g/mol. The lowest BCUT2D eigenvalue weighted by atomic mass is 10.2. The van der Waals surface area contributed by atoms with E-state index in [1.54, 1.807) is 21.3 Å². The molecule has 7 heteroatoms. The van der Waals surface area contributed by atoms with Crippen LogP contribution in [0.3, 0.4) is 0 Å². The predicted octanol–water partition coefficient (Wildman–Crippen LogP) is 2.74. The van der Waals surface area contributed by atoms with E-state index in [9.17, 15) is 4.79 Å². The summed E-state index contributed by atoms with van der Waals surface area (Å²) < 4.78 is 15.7.